The van der Waals surface area contributed by atoms with Crippen LogP contribution in [0.5, 0.6) is 0 Å². The summed E-state index contributed by atoms with van der Waals surface area (Å²) in [5.41, 5.74) is 0.838. The molecular weight excluding hydrogens is 408 g/mol. The van der Waals surface area contributed by atoms with Gasteiger partial charge in [-0.05, 0) is 25.2 Å². The second-order valence-electron chi connectivity index (χ2n) is 6.06. The zero-order valence-corrected chi connectivity index (χ0v) is 18.5. The van der Waals surface area contributed by atoms with Crippen LogP contribution in [0, 0.1) is 0 Å². The van der Waals surface area contributed by atoms with Gasteiger partial charge in [-0.2, -0.15) is 4.31 Å². The first kappa shape index (κ1) is 23.8. The Hall–Kier alpha value is -1.26. The highest BCUT2D eigenvalue weighted by atomic mass is 35.5. The fourth-order valence-corrected chi connectivity index (χ4v) is 3.83. The van der Waals surface area contributed by atoms with Gasteiger partial charge in [0.1, 0.15) is 0 Å². The van der Waals surface area contributed by atoms with E-state index in [9.17, 15) is 13.2 Å². The summed E-state index contributed by atoms with van der Waals surface area (Å²) in [6.07, 6.45) is 1.10. The summed E-state index contributed by atoms with van der Waals surface area (Å²) in [5.74, 6) is -0.274. The molecule has 0 fully saturated rings. The molecule has 0 saturated heterocycles. The van der Waals surface area contributed by atoms with E-state index in [2.05, 4.69) is 23.7 Å². The van der Waals surface area contributed by atoms with Crippen molar-refractivity contribution in [2.24, 2.45) is 0 Å². The number of benzene rings is 1. The van der Waals surface area contributed by atoms with E-state index in [0.29, 0.717) is 18.2 Å². The number of fused-ring (bicyclic) bond motifs is 1. The van der Waals surface area contributed by atoms with Crippen LogP contribution in [0.2, 0.25) is 0 Å². The Labute approximate surface area is 171 Å². The van der Waals surface area contributed by atoms with E-state index < -0.39 is 10.0 Å². The minimum Gasteiger partial charge on any atom is -0.302 e. The van der Waals surface area contributed by atoms with Crippen molar-refractivity contribution in [3.05, 3.63) is 24.3 Å². The smallest absolute Gasteiger partial charge is 0.244 e. The van der Waals surface area contributed by atoms with Gasteiger partial charge in [-0.15, -0.1) is 12.4 Å². The SMILES string of the molecule is CCN(CC)CCN(C(=O)CN(C)S(C)(=O)=O)c1nc2ccccc2s1.Cl. The van der Waals surface area contributed by atoms with Crippen LogP contribution in [0.15, 0.2) is 24.3 Å². The van der Waals surface area contributed by atoms with Gasteiger partial charge in [0, 0.05) is 20.1 Å². The number of carbonyl (C=O) groups is 1. The Balaban J connectivity index is 0.00000364. The molecule has 10 heteroatoms. The van der Waals surface area contributed by atoms with Crippen molar-refractivity contribution >= 4 is 55.0 Å². The maximum Gasteiger partial charge on any atom is 0.244 e. The van der Waals surface area contributed by atoms with E-state index in [4.69, 9.17) is 0 Å². The van der Waals surface area contributed by atoms with E-state index in [-0.39, 0.29) is 24.9 Å². The minimum absolute atomic E-state index is 0. The van der Waals surface area contributed by atoms with Crippen LogP contribution in [-0.2, 0) is 14.8 Å². The van der Waals surface area contributed by atoms with Gasteiger partial charge in [-0.1, -0.05) is 37.3 Å². The number of para-hydroxylation sites is 1. The molecule has 0 aliphatic carbocycles. The Kier molecular flexibility index (Phi) is 9.10. The average Bonchev–Trinajstić information content (AvgIpc) is 3.01. The predicted molar refractivity (Wildman–Crippen MR) is 114 cm³/mol. The number of likely N-dealkylation sites (N-methyl/N-ethyl adjacent to an activating group) is 2. The molecule has 1 aromatic carbocycles. The van der Waals surface area contributed by atoms with Crippen LogP contribution in [-0.4, -0.2) is 74.5 Å². The molecule has 0 aliphatic rings. The van der Waals surface area contributed by atoms with Crippen molar-refractivity contribution in [1.29, 1.82) is 0 Å². The second-order valence-corrected chi connectivity index (χ2v) is 9.15. The summed E-state index contributed by atoms with van der Waals surface area (Å²) >= 11 is 1.44. The number of sulfonamides is 1. The standard InChI is InChI=1S/C17H26N4O3S2.ClH/c1-5-20(6-2)11-12-21(16(22)13-19(3)26(4,23)24)17-18-14-9-7-8-10-15(14)25-17;/h7-10H,5-6,11-13H2,1-4H3;1H. The third kappa shape index (κ3) is 6.39. The molecule has 0 N–H and O–H groups in total. The van der Waals surface area contributed by atoms with Crippen molar-refractivity contribution in [1.82, 2.24) is 14.2 Å². The molecule has 0 saturated carbocycles. The molecule has 0 unspecified atom stereocenters. The lowest BCUT2D eigenvalue weighted by Crippen LogP contribution is -2.44. The van der Waals surface area contributed by atoms with Crippen molar-refractivity contribution in [2.75, 3.05) is 50.9 Å². The Morgan fingerprint density at radius 2 is 1.78 bits per heavy atom. The van der Waals surface area contributed by atoms with Gasteiger partial charge in [0.25, 0.3) is 0 Å². The van der Waals surface area contributed by atoms with Crippen molar-refractivity contribution in [3.63, 3.8) is 0 Å². The first-order chi connectivity index (χ1) is 12.3. The number of halogens is 1. The third-order valence-corrected chi connectivity index (χ3v) is 6.59. The van der Waals surface area contributed by atoms with Gasteiger partial charge in [0.05, 0.1) is 23.0 Å². The molecule has 0 bridgehead atoms. The number of hydrogen-bond donors (Lipinski definition) is 0. The lowest BCUT2D eigenvalue weighted by Gasteiger charge is -2.26. The average molecular weight is 435 g/mol. The van der Waals surface area contributed by atoms with Gasteiger partial charge < -0.3 is 4.90 Å². The number of rotatable bonds is 9. The monoisotopic (exact) mass is 434 g/mol. The van der Waals surface area contributed by atoms with Crippen molar-refractivity contribution in [3.8, 4) is 0 Å². The molecule has 2 aromatic rings. The highest BCUT2D eigenvalue weighted by Crippen LogP contribution is 2.28. The number of carbonyl (C=O) groups excluding carboxylic acids is 1. The maximum absolute atomic E-state index is 12.8. The summed E-state index contributed by atoms with van der Waals surface area (Å²) in [5, 5.41) is 0.602. The molecule has 152 valence electrons. The number of hydrogen-bond acceptors (Lipinski definition) is 6. The summed E-state index contributed by atoms with van der Waals surface area (Å²) in [6, 6.07) is 7.71. The van der Waals surface area contributed by atoms with Crippen molar-refractivity contribution < 1.29 is 13.2 Å². The molecule has 1 amide bonds. The largest absolute Gasteiger partial charge is 0.302 e. The fourth-order valence-electron chi connectivity index (χ4n) is 2.48. The normalized spacial score (nSPS) is 11.8. The lowest BCUT2D eigenvalue weighted by molar-refractivity contribution is -0.118. The van der Waals surface area contributed by atoms with E-state index in [1.165, 1.54) is 18.4 Å². The minimum atomic E-state index is -3.42. The van der Waals surface area contributed by atoms with Crippen LogP contribution in [0.25, 0.3) is 10.2 Å². The van der Waals surface area contributed by atoms with Gasteiger partial charge in [-0.3, -0.25) is 9.69 Å². The summed E-state index contributed by atoms with van der Waals surface area (Å²) in [6.45, 7) is 6.90. The molecule has 0 radical (unpaired) electrons. The van der Waals surface area contributed by atoms with E-state index in [1.807, 2.05) is 24.3 Å². The van der Waals surface area contributed by atoms with Gasteiger partial charge >= 0.3 is 0 Å². The predicted octanol–water partition coefficient (Wildman–Crippen LogP) is 2.28. The molecule has 1 aromatic heterocycles. The summed E-state index contributed by atoms with van der Waals surface area (Å²) < 4.78 is 25.4. The van der Waals surface area contributed by atoms with Crippen LogP contribution in [0.3, 0.4) is 0 Å². The molecule has 0 spiro atoms. The number of anilines is 1. The molecule has 7 nitrogen and oxygen atoms in total. The summed E-state index contributed by atoms with van der Waals surface area (Å²) in [4.78, 5) is 21.2. The number of nitrogens with zero attached hydrogens (tertiary/aromatic N) is 4. The topological polar surface area (TPSA) is 73.8 Å². The molecule has 1 heterocycles. The summed E-state index contributed by atoms with van der Waals surface area (Å²) in [7, 11) is -2.01. The Bertz CT molecular complexity index is 820. The number of amides is 1. The quantitative estimate of drug-likeness (QED) is 0.605. The molecule has 0 aliphatic heterocycles. The molecular formula is C17H27ClN4O3S2. The maximum atomic E-state index is 12.8. The Morgan fingerprint density at radius 1 is 1.15 bits per heavy atom. The van der Waals surface area contributed by atoms with Crippen LogP contribution in [0.1, 0.15) is 13.8 Å². The zero-order chi connectivity index (χ0) is 19.3. The highest BCUT2D eigenvalue weighted by molar-refractivity contribution is 7.88. The van der Waals surface area contributed by atoms with E-state index in [1.54, 1.807) is 4.90 Å². The second kappa shape index (κ2) is 10.3. The van der Waals surface area contributed by atoms with Crippen LogP contribution in [0.4, 0.5) is 5.13 Å². The van der Waals surface area contributed by atoms with Crippen LogP contribution >= 0.6 is 23.7 Å². The highest BCUT2D eigenvalue weighted by Gasteiger charge is 2.24. The first-order valence-corrected chi connectivity index (χ1v) is 11.2. The van der Waals surface area contributed by atoms with E-state index >= 15 is 0 Å². The number of aromatic nitrogens is 1. The van der Waals surface area contributed by atoms with Gasteiger partial charge in [0.2, 0.25) is 15.9 Å². The third-order valence-electron chi connectivity index (χ3n) is 4.27. The van der Waals surface area contributed by atoms with E-state index in [0.717, 1.165) is 33.9 Å². The Morgan fingerprint density at radius 3 is 2.33 bits per heavy atom. The lowest BCUT2D eigenvalue weighted by atomic mass is 10.3. The number of thiazole rings is 1. The van der Waals surface area contributed by atoms with Gasteiger partial charge in [0.15, 0.2) is 5.13 Å². The van der Waals surface area contributed by atoms with Gasteiger partial charge in [-0.25, -0.2) is 13.4 Å². The molecule has 0 atom stereocenters. The zero-order valence-electron chi connectivity index (χ0n) is 16.1. The molecule has 27 heavy (non-hydrogen) atoms. The van der Waals surface area contributed by atoms with Crippen LogP contribution < -0.4 is 4.90 Å². The first-order valence-electron chi connectivity index (χ1n) is 8.55. The fraction of sp³-hybridized carbons (Fsp3) is 0.529. The molecule has 2 rings (SSSR count). The van der Waals surface area contributed by atoms with Crippen molar-refractivity contribution in [2.45, 2.75) is 13.8 Å².